The molecular weight excluding hydrogens is 439 g/mol. The fourth-order valence-electron chi connectivity index (χ4n) is 3.67. The van der Waals surface area contributed by atoms with Gasteiger partial charge in [-0.25, -0.2) is 18.1 Å². The number of nitrogens with one attached hydrogen (secondary N) is 1. The van der Waals surface area contributed by atoms with E-state index in [0.29, 0.717) is 23.7 Å². The Morgan fingerprint density at radius 2 is 1.94 bits per heavy atom. The van der Waals surface area contributed by atoms with Crippen LogP contribution in [0, 0.1) is 18.9 Å². The fraction of sp³-hybridized carbons (Fsp3) is 0.450. The van der Waals surface area contributed by atoms with Gasteiger partial charge in [-0.3, -0.25) is 0 Å². The summed E-state index contributed by atoms with van der Waals surface area (Å²) >= 11 is 0. The van der Waals surface area contributed by atoms with Crippen LogP contribution in [-0.4, -0.2) is 47.0 Å². The number of hydrogen-bond acceptors (Lipinski definition) is 8. The largest absolute Gasteiger partial charge is 0.454 e. The summed E-state index contributed by atoms with van der Waals surface area (Å²) in [6.45, 7) is 6.06. The molecule has 0 saturated carbocycles. The third-order valence-electron chi connectivity index (χ3n) is 5.06. The van der Waals surface area contributed by atoms with E-state index in [9.17, 15) is 12.8 Å². The third kappa shape index (κ3) is 4.60. The van der Waals surface area contributed by atoms with Crippen molar-refractivity contribution >= 4 is 27.0 Å². The molecule has 2 aromatic heterocycles. The number of halogens is 1. The smallest absolute Gasteiger partial charge is 0.312 e. The molecule has 0 atom stereocenters. The molecule has 0 spiro atoms. The first kappa shape index (κ1) is 22.2. The number of nitrogens with two attached hydrogens (primary N) is 1. The molecule has 4 rings (SSSR count). The topological polar surface area (TPSA) is 134 Å². The Hall–Kier alpha value is -2.99. The predicted molar refractivity (Wildman–Crippen MR) is 116 cm³/mol. The molecule has 0 aliphatic carbocycles. The van der Waals surface area contributed by atoms with Gasteiger partial charge in [0, 0.05) is 19.5 Å². The number of sulfonamides is 1. The molecule has 0 bridgehead atoms. The molecular formula is C20H25FN6O4S. The van der Waals surface area contributed by atoms with Crippen LogP contribution in [-0.2, 0) is 23.0 Å². The van der Waals surface area contributed by atoms with Crippen molar-refractivity contribution in [1.29, 1.82) is 0 Å². The zero-order chi connectivity index (χ0) is 23.0. The minimum Gasteiger partial charge on any atom is -0.454 e. The number of aromatic nitrogens is 4. The van der Waals surface area contributed by atoms with E-state index in [1.54, 1.807) is 4.57 Å². The molecule has 172 valence electrons. The van der Waals surface area contributed by atoms with E-state index in [4.69, 9.17) is 15.2 Å². The van der Waals surface area contributed by atoms with Crippen molar-refractivity contribution in [2.75, 3.05) is 24.8 Å². The van der Waals surface area contributed by atoms with Crippen LogP contribution in [0.4, 0.5) is 10.2 Å². The van der Waals surface area contributed by atoms with E-state index in [-0.39, 0.29) is 48.5 Å². The monoisotopic (exact) mass is 464 g/mol. The normalized spacial score (nSPS) is 13.4. The van der Waals surface area contributed by atoms with Gasteiger partial charge in [-0.1, -0.05) is 13.8 Å². The molecule has 1 aromatic carbocycles. The standard InChI is InChI=1S/C20H25FN6O4S/c1-11(2)9-32(28,29)23-4-5-27-16(24-17-18(22)25-20(21)26-19(17)27)8-13-7-15-14(6-12(13)3)30-10-31-15/h6-7,11,23H,4-5,8-10H2,1-3H3,(H2,22,25,26). The van der Waals surface area contributed by atoms with Gasteiger partial charge in [-0.15, -0.1) is 0 Å². The zero-order valence-electron chi connectivity index (χ0n) is 18.1. The van der Waals surface area contributed by atoms with E-state index < -0.39 is 16.1 Å². The van der Waals surface area contributed by atoms with Crippen molar-refractivity contribution in [3.05, 3.63) is 35.2 Å². The molecule has 3 aromatic rings. The predicted octanol–water partition coefficient (Wildman–Crippen LogP) is 1.75. The van der Waals surface area contributed by atoms with Crippen molar-refractivity contribution < 1.29 is 22.3 Å². The molecule has 10 nitrogen and oxygen atoms in total. The number of aryl methyl sites for hydroxylation is 1. The van der Waals surface area contributed by atoms with Gasteiger partial charge in [0.2, 0.25) is 16.8 Å². The van der Waals surface area contributed by atoms with Gasteiger partial charge in [0.25, 0.3) is 0 Å². The lowest BCUT2D eigenvalue weighted by molar-refractivity contribution is 0.174. The SMILES string of the molecule is Cc1cc2c(cc1Cc1nc3c(N)nc(F)nc3n1CCNS(=O)(=O)CC(C)C)OCO2. The molecule has 3 N–H and O–H groups in total. The first-order chi connectivity index (χ1) is 15.1. The maximum Gasteiger partial charge on any atom is 0.312 e. The number of ether oxygens (including phenoxy) is 2. The number of rotatable bonds is 8. The molecule has 0 amide bonds. The average Bonchev–Trinajstić information content (AvgIpc) is 3.26. The van der Waals surface area contributed by atoms with E-state index in [1.807, 2.05) is 32.9 Å². The maximum atomic E-state index is 13.9. The fourth-order valence-corrected chi connectivity index (χ4v) is 5.06. The number of nitrogen functional groups attached to an aromatic ring is 1. The van der Waals surface area contributed by atoms with Crippen LogP contribution in [0.15, 0.2) is 12.1 Å². The van der Waals surface area contributed by atoms with Crippen LogP contribution in [0.2, 0.25) is 0 Å². The summed E-state index contributed by atoms with van der Waals surface area (Å²) in [6, 6.07) is 3.76. The van der Waals surface area contributed by atoms with Crippen LogP contribution in [0.5, 0.6) is 11.5 Å². The van der Waals surface area contributed by atoms with E-state index in [0.717, 1.165) is 11.1 Å². The Morgan fingerprint density at radius 1 is 1.22 bits per heavy atom. The van der Waals surface area contributed by atoms with Crippen molar-refractivity contribution in [3.8, 4) is 11.5 Å². The summed E-state index contributed by atoms with van der Waals surface area (Å²) in [5.74, 6) is 1.81. The van der Waals surface area contributed by atoms with Gasteiger partial charge in [0.05, 0.1) is 5.75 Å². The molecule has 1 aliphatic heterocycles. The average molecular weight is 465 g/mol. The summed E-state index contributed by atoms with van der Waals surface area (Å²) in [7, 11) is -3.43. The van der Waals surface area contributed by atoms with Crippen LogP contribution in [0.3, 0.4) is 0 Å². The summed E-state index contributed by atoms with van der Waals surface area (Å²) < 4.78 is 53.4. The molecule has 0 radical (unpaired) electrons. The molecule has 0 saturated heterocycles. The lowest BCUT2D eigenvalue weighted by Gasteiger charge is -2.12. The Morgan fingerprint density at radius 3 is 2.66 bits per heavy atom. The van der Waals surface area contributed by atoms with Crippen LogP contribution < -0.4 is 19.9 Å². The number of hydrogen-bond donors (Lipinski definition) is 2. The molecule has 12 heteroatoms. The highest BCUT2D eigenvalue weighted by Gasteiger charge is 2.21. The van der Waals surface area contributed by atoms with Crippen molar-refractivity contribution in [1.82, 2.24) is 24.2 Å². The Kier molecular flexibility index (Phi) is 5.91. The highest BCUT2D eigenvalue weighted by molar-refractivity contribution is 7.89. The van der Waals surface area contributed by atoms with E-state index in [2.05, 4.69) is 19.7 Å². The minimum absolute atomic E-state index is 0.00671. The second-order valence-electron chi connectivity index (χ2n) is 8.11. The first-order valence-electron chi connectivity index (χ1n) is 10.2. The van der Waals surface area contributed by atoms with Crippen molar-refractivity contribution in [2.24, 2.45) is 5.92 Å². The van der Waals surface area contributed by atoms with Gasteiger partial charge >= 0.3 is 6.08 Å². The third-order valence-corrected chi connectivity index (χ3v) is 6.81. The molecule has 32 heavy (non-hydrogen) atoms. The van der Waals surface area contributed by atoms with Gasteiger partial charge in [0.15, 0.2) is 28.5 Å². The van der Waals surface area contributed by atoms with Crippen LogP contribution in [0.1, 0.15) is 30.8 Å². The number of imidazole rings is 1. The van der Waals surface area contributed by atoms with Crippen LogP contribution >= 0.6 is 0 Å². The maximum absolute atomic E-state index is 13.9. The van der Waals surface area contributed by atoms with E-state index >= 15 is 0 Å². The molecule has 0 fully saturated rings. The molecule has 0 unspecified atom stereocenters. The van der Waals surface area contributed by atoms with Gasteiger partial charge < -0.3 is 19.8 Å². The van der Waals surface area contributed by atoms with Crippen molar-refractivity contribution in [3.63, 3.8) is 0 Å². The zero-order valence-corrected chi connectivity index (χ0v) is 18.9. The van der Waals surface area contributed by atoms with Crippen molar-refractivity contribution in [2.45, 2.75) is 33.7 Å². The highest BCUT2D eigenvalue weighted by atomic mass is 32.2. The number of fused-ring (bicyclic) bond motifs is 2. The summed E-state index contributed by atoms with van der Waals surface area (Å²) in [5.41, 5.74) is 8.25. The number of benzene rings is 1. The lowest BCUT2D eigenvalue weighted by atomic mass is 10.0. The molecule has 1 aliphatic rings. The summed E-state index contributed by atoms with van der Waals surface area (Å²) in [5, 5.41) is 0. The van der Waals surface area contributed by atoms with Gasteiger partial charge in [0.1, 0.15) is 5.82 Å². The Labute approximate surface area is 185 Å². The summed E-state index contributed by atoms with van der Waals surface area (Å²) in [6.07, 6.45) is -0.596. The first-order valence-corrected chi connectivity index (χ1v) is 11.8. The lowest BCUT2D eigenvalue weighted by Crippen LogP contribution is -2.31. The second-order valence-corrected chi connectivity index (χ2v) is 9.96. The Bertz CT molecular complexity index is 1280. The highest BCUT2D eigenvalue weighted by Crippen LogP contribution is 2.35. The minimum atomic E-state index is -3.43. The summed E-state index contributed by atoms with van der Waals surface area (Å²) in [4.78, 5) is 12.0. The van der Waals surface area contributed by atoms with Crippen LogP contribution in [0.25, 0.3) is 11.2 Å². The number of nitrogens with zero attached hydrogens (tertiary/aromatic N) is 4. The Balaban J connectivity index is 1.67. The quantitative estimate of drug-likeness (QED) is 0.482. The van der Waals surface area contributed by atoms with Gasteiger partial charge in [-0.2, -0.15) is 14.4 Å². The second kappa shape index (κ2) is 8.51. The van der Waals surface area contributed by atoms with E-state index in [1.165, 1.54) is 0 Å². The molecule has 3 heterocycles. The van der Waals surface area contributed by atoms with Gasteiger partial charge in [-0.05, 0) is 36.1 Å². The number of anilines is 1.